The van der Waals surface area contributed by atoms with Gasteiger partial charge in [0.15, 0.2) is 0 Å². The van der Waals surface area contributed by atoms with Gasteiger partial charge in [0.05, 0.1) is 0 Å². The molecule has 0 unspecified atom stereocenters. The van der Waals surface area contributed by atoms with Gasteiger partial charge < -0.3 is 9.47 Å². The molecule has 2 aliphatic rings. The lowest BCUT2D eigenvalue weighted by atomic mass is 10.1. The molecule has 0 aromatic carbocycles. The number of hydrogen-bond donors (Lipinski definition) is 0. The second-order valence-electron chi connectivity index (χ2n) is 5.77. The number of rotatable bonds is 2. The SMILES string of the molecule is CC1(OC(=O)OC2(C)CCCC2)CCCC1. The third-order valence-corrected chi connectivity index (χ3v) is 3.98. The third kappa shape index (κ3) is 2.69. The van der Waals surface area contributed by atoms with Gasteiger partial charge in [0.25, 0.3) is 0 Å². The molecule has 3 heteroatoms. The van der Waals surface area contributed by atoms with Crippen LogP contribution in [0.2, 0.25) is 0 Å². The molecule has 2 fully saturated rings. The van der Waals surface area contributed by atoms with Crippen molar-refractivity contribution in [2.45, 2.75) is 76.4 Å². The first kappa shape index (κ1) is 11.7. The molecular formula is C13H22O3. The maximum Gasteiger partial charge on any atom is 0.509 e. The van der Waals surface area contributed by atoms with Gasteiger partial charge in [0, 0.05) is 0 Å². The molecular weight excluding hydrogens is 204 g/mol. The number of carbonyl (C=O) groups excluding carboxylic acids is 1. The first-order chi connectivity index (χ1) is 7.52. The first-order valence-corrected chi connectivity index (χ1v) is 6.43. The van der Waals surface area contributed by atoms with Crippen molar-refractivity contribution < 1.29 is 14.3 Å². The predicted molar refractivity (Wildman–Crippen MR) is 61.3 cm³/mol. The fraction of sp³-hybridized carbons (Fsp3) is 0.923. The van der Waals surface area contributed by atoms with E-state index in [1.165, 1.54) is 0 Å². The number of ether oxygens (including phenoxy) is 2. The van der Waals surface area contributed by atoms with E-state index in [-0.39, 0.29) is 11.2 Å². The van der Waals surface area contributed by atoms with E-state index in [9.17, 15) is 4.79 Å². The average Bonchev–Trinajstić information content (AvgIpc) is 2.75. The largest absolute Gasteiger partial charge is 0.509 e. The van der Waals surface area contributed by atoms with Crippen molar-refractivity contribution >= 4 is 6.16 Å². The molecule has 0 amide bonds. The molecule has 92 valence electrons. The molecule has 0 aliphatic heterocycles. The fourth-order valence-corrected chi connectivity index (χ4v) is 2.87. The Bertz CT molecular complexity index is 234. The topological polar surface area (TPSA) is 35.5 Å². The zero-order chi connectivity index (χ0) is 11.6. The van der Waals surface area contributed by atoms with Crippen molar-refractivity contribution in [1.29, 1.82) is 0 Å². The predicted octanol–water partition coefficient (Wildman–Crippen LogP) is 3.81. The minimum atomic E-state index is -0.464. The van der Waals surface area contributed by atoms with Crippen molar-refractivity contribution in [3.63, 3.8) is 0 Å². The first-order valence-electron chi connectivity index (χ1n) is 6.43. The summed E-state index contributed by atoms with van der Waals surface area (Å²) in [6, 6.07) is 0. The Hall–Kier alpha value is -0.730. The van der Waals surface area contributed by atoms with E-state index < -0.39 is 6.16 Å². The molecule has 0 bridgehead atoms. The van der Waals surface area contributed by atoms with Gasteiger partial charge in [0.1, 0.15) is 11.2 Å². The second-order valence-corrected chi connectivity index (χ2v) is 5.77. The molecule has 0 aromatic rings. The Kier molecular flexibility index (Phi) is 3.13. The Labute approximate surface area is 97.5 Å². The van der Waals surface area contributed by atoms with Crippen LogP contribution >= 0.6 is 0 Å². The van der Waals surface area contributed by atoms with Gasteiger partial charge in [-0.15, -0.1) is 0 Å². The minimum absolute atomic E-state index is 0.272. The second kappa shape index (κ2) is 4.27. The highest BCUT2D eigenvalue weighted by Gasteiger charge is 2.37. The average molecular weight is 226 g/mol. The molecule has 0 saturated heterocycles. The highest BCUT2D eigenvalue weighted by Crippen LogP contribution is 2.36. The van der Waals surface area contributed by atoms with E-state index in [1.54, 1.807) is 0 Å². The summed E-state index contributed by atoms with van der Waals surface area (Å²) in [5.74, 6) is 0. The quantitative estimate of drug-likeness (QED) is 0.672. The minimum Gasteiger partial charge on any atom is -0.428 e. The molecule has 0 spiro atoms. The summed E-state index contributed by atoms with van der Waals surface area (Å²) in [5, 5.41) is 0. The Morgan fingerprint density at radius 3 is 1.44 bits per heavy atom. The molecule has 0 N–H and O–H groups in total. The van der Waals surface area contributed by atoms with Crippen LogP contribution in [0.15, 0.2) is 0 Å². The molecule has 2 saturated carbocycles. The third-order valence-electron chi connectivity index (χ3n) is 3.98. The van der Waals surface area contributed by atoms with E-state index in [2.05, 4.69) is 0 Å². The summed E-state index contributed by atoms with van der Waals surface area (Å²) >= 11 is 0. The van der Waals surface area contributed by atoms with Crippen LogP contribution in [0.5, 0.6) is 0 Å². The summed E-state index contributed by atoms with van der Waals surface area (Å²) in [7, 11) is 0. The summed E-state index contributed by atoms with van der Waals surface area (Å²) in [6.07, 6.45) is 8.04. The van der Waals surface area contributed by atoms with Crippen LogP contribution in [0.25, 0.3) is 0 Å². The van der Waals surface area contributed by atoms with Gasteiger partial charge in [-0.3, -0.25) is 0 Å². The van der Waals surface area contributed by atoms with Crippen LogP contribution in [0.3, 0.4) is 0 Å². The number of carbonyl (C=O) groups is 1. The molecule has 0 aromatic heterocycles. The van der Waals surface area contributed by atoms with Crippen LogP contribution in [-0.2, 0) is 9.47 Å². The lowest BCUT2D eigenvalue weighted by Crippen LogP contribution is -2.34. The van der Waals surface area contributed by atoms with E-state index in [0.29, 0.717) is 0 Å². The summed E-state index contributed by atoms with van der Waals surface area (Å²) < 4.78 is 10.9. The van der Waals surface area contributed by atoms with Crippen LogP contribution in [0.4, 0.5) is 4.79 Å². The number of hydrogen-bond acceptors (Lipinski definition) is 3. The van der Waals surface area contributed by atoms with E-state index in [1.807, 2.05) is 13.8 Å². The monoisotopic (exact) mass is 226 g/mol. The summed E-state index contributed by atoms with van der Waals surface area (Å²) in [6.45, 7) is 4.02. The Morgan fingerprint density at radius 1 is 0.812 bits per heavy atom. The highest BCUT2D eigenvalue weighted by atomic mass is 16.7. The van der Waals surface area contributed by atoms with Crippen molar-refractivity contribution in [3.8, 4) is 0 Å². The Morgan fingerprint density at radius 2 is 1.12 bits per heavy atom. The molecule has 3 nitrogen and oxygen atoms in total. The Balaban J connectivity index is 1.84. The maximum atomic E-state index is 11.7. The molecule has 2 aliphatic carbocycles. The van der Waals surface area contributed by atoms with Crippen LogP contribution in [0, 0.1) is 0 Å². The van der Waals surface area contributed by atoms with Gasteiger partial charge in [-0.1, -0.05) is 0 Å². The van der Waals surface area contributed by atoms with Crippen molar-refractivity contribution in [3.05, 3.63) is 0 Å². The van der Waals surface area contributed by atoms with Gasteiger partial charge >= 0.3 is 6.16 Å². The van der Waals surface area contributed by atoms with Crippen LogP contribution in [0.1, 0.15) is 65.2 Å². The molecule has 16 heavy (non-hydrogen) atoms. The standard InChI is InChI=1S/C13H22O3/c1-12(7-3-4-8-12)15-11(14)16-13(2)9-5-6-10-13/h3-10H2,1-2H3. The lowest BCUT2D eigenvalue weighted by molar-refractivity contribution is -0.0659. The summed E-state index contributed by atoms with van der Waals surface area (Å²) in [5.41, 5.74) is -0.544. The lowest BCUT2D eigenvalue weighted by Gasteiger charge is -2.28. The maximum absolute atomic E-state index is 11.7. The van der Waals surface area contributed by atoms with Gasteiger partial charge in [-0.25, -0.2) is 4.79 Å². The van der Waals surface area contributed by atoms with Gasteiger partial charge in [0.2, 0.25) is 0 Å². The van der Waals surface area contributed by atoms with E-state index in [0.717, 1.165) is 51.4 Å². The molecule has 0 radical (unpaired) electrons. The van der Waals surface area contributed by atoms with E-state index in [4.69, 9.17) is 9.47 Å². The summed E-state index contributed by atoms with van der Waals surface area (Å²) in [4.78, 5) is 11.7. The molecule has 0 atom stereocenters. The fourth-order valence-electron chi connectivity index (χ4n) is 2.87. The van der Waals surface area contributed by atoms with Gasteiger partial charge in [-0.2, -0.15) is 0 Å². The van der Waals surface area contributed by atoms with Crippen molar-refractivity contribution in [1.82, 2.24) is 0 Å². The van der Waals surface area contributed by atoms with Crippen molar-refractivity contribution in [2.24, 2.45) is 0 Å². The van der Waals surface area contributed by atoms with E-state index >= 15 is 0 Å². The van der Waals surface area contributed by atoms with Crippen LogP contribution in [-0.4, -0.2) is 17.4 Å². The zero-order valence-corrected chi connectivity index (χ0v) is 10.4. The zero-order valence-electron chi connectivity index (χ0n) is 10.4. The van der Waals surface area contributed by atoms with Crippen molar-refractivity contribution in [2.75, 3.05) is 0 Å². The van der Waals surface area contributed by atoms with Crippen LogP contribution < -0.4 is 0 Å². The molecule has 2 rings (SSSR count). The van der Waals surface area contributed by atoms with Gasteiger partial charge in [-0.05, 0) is 65.2 Å². The molecule has 0 heterocycles. The normalized spacial score (nSPS) is 26.6. The highest BCUT2D eigenvalue weighted by molar-refractivity contribution is 5.61. The smallest absolute Gasteiger partial charge is 0.428 e.